The number of rotatable bonds is 11. The van der Waals surface area contributed by atoms with Crippen LogP contribution in [0.5, 0.6) is 5.75 Å². The Morgan fingerprint density at radius 1 is 1.06 bits per heavy atom. The molecule has 0 fully saturated rings. The number of anilines is 1. The molecule has 0 saturated heterocycles. The highest BCUT2D eigenvalue weighted by Crippen LogP contribution is 2.31. The number of carbonyl (C=O) groups is 2. The molecule has 0 radical (unpaired) electrons. The molecular weight excluding hydrogens is 501 g/mol. The first-order valence-electron chi connectivity index (χ1n) is 10.7. The Morgan fingerprint density at radius 2 is 1.68 bits per heavy atom. The molecule has 2 rings (SSSR count). The van der Waals surface area contributed by atoms with Crippen molar-refractivity contribution in [2.75, 3.05) is 30.3 Å². The van der Waals surface area contributed by atoms with E-state index in [4.69, 9.17) is 27.9 Å². The van der Waals surface area contributed by atoms with E-state index < -0.39 is 28.5 Å². The number of hydrogen-bond acceptors (Lipinski definition) is 5. The van der Waals surface area contributed by atoms with E-state index in [1.54, 1.807) is 63.2 Å². The van der Waals surface area contributed by atoms with Crippen LogP contribution >= 0.6 is 23.2 Å². The summed E-state index contributed by atoms with van der Waals surface area (Å²) in [5.74, 6) is -0.674. The molecule has 0 spiro atoms. The van der Waals surface area contributed by atoms with Crippen LogP contribution in [0.15, 0.2) is 42.5 Å². The van der Waals surface area contributed by atoms with Gasteiger partial charge in [0.1, 0.15) is 18.3 Å². The number of benzene rings is 2. The first-order chi connectivity index (χ1) is 16.0. The first-order valence-corrected chi connectivity index (χ1v) is 13.3. The lowest BCUT2D eigenvalue weighted by molar-refractivity contribution is -0.139. The molecule has 8 nitrogen and oxygen atoms in total. The average molecular weight is 530 g/mol. The summed E-state index contributed by atoms with van der Waals surface area (Å²) < 4.78 is 31.9. The molecule has 34 heavy (non-hydrogen) atoms. The molecule has 1 N–H and O–H groups in total. The first kappa shape index (κ1) is 27.8. The molecular formula is C23H29Cl2N3O5S. The van der Waals surface area contributed by atoms with Crippen LogP contribution in [0.1, 0.15) is 26.3 Å². The molecule has 0 heterocycles. The smallest absolute Gasteiger partial charge is 0.244 e. The number of sulfonamides is 1. The molecule has 0 aliphatic heterocycles. The Bertz CT molecular complexity index is 1110. The summed E-state index contributed by atoms with van der Waals surface area (Å²) in [6.07, 6.45) is 1.01. The number of nitrogens with zero attached hydrogens (tertiary/aromatic N) is 2. The van der Waals surface area contributed by atoms with Crippen LogP contribution in [0.2, 0.25) is 10.0 Å². The van der Waals surface area contributed by atoms with Crippen LogP contribution in [-0.2, 0) is 26.2 Å². The van der Waals surface area contributed by atoms with Crippen molar-refractivity contribution < 1.29 is 22.7 Å². The fourth-order valence-corrected chi connectivity index (χ4v) is 4.66. The van der Waals surface area contributed by atoms with E-state index in [0.29, 0.717) is 34.5 Å². The number of nitrogens with one attached hydrogen (secondary N) is 1. The highest BCUT2D eigenvalue weighted by molar-refractivity contribution is 7.92. The summed E-state index contributed by atoms with van der Waals surface area (Å²) in [7, 11) is -3.88. The predicted molar refractivity (Wildman–Crippen MR) is 135 cm³/mol. The Balaban J connectivity index is 2.49. The monoisotopic (exact) mass is 529 g/mol. The molecule has 2 amide bonds. The van der Waals surface area contributed by atoms with Crippen LogP contribution in [-0.4, -0.2) is 57.1 Å². The van der Waals surface area contributed by atoms with Crippen LogP contribution in [0.25, 0.3) is 0 Å². The van der Waals surface area contributed by atoms with Crippen molar-refractivity contribution in [3.05, 3.63) is 58.1 Å². The fourth-order valence-electron chi connectivity index (χ4n) is 3.29. The number of likely N-dealkylation sites (N-methyl/N-ethyl adjacent to an activating group) is 1. The standard InChI is InChI=1S/C23H29Cl2N3O5S/c1-5-26-23(30)16(3)27(14-17-18(24)10-9-11-19(17)25)22(29)15-28(34(4,31)32)20-12-7-8-13-21(20)33-6-2/h7-13,16H,5-6,14-15H2,1-4H3,(H,26,30)/t16-/m0/s1. The maximum Gasteiger partial charge on any atom is 0.244 e. The van der Waals surface area contributed by atoms with Gasteiger partial charge in [-0.2, -0.15) is 0 Å². The topological polar surface area (TPSA) is 96.0 Å². The molecule has 11 heteroatoms. The number of halogens is 2. The maximum absolute atomic E-state index is 13.5. The number of ether oxygens (including phenoxy) is 1. The second kappa shape index (κ2) is 12.3. The summed E-state index contributed by atoms with van der Waals surface area (Å²) in [5, 5.41) is 3.34. The summed E-state index contributed by atoms with van der Waals surface area (Å²) in [6.45, 7) is 5.15. The van der Waals surface area contributed by atoms with Crippen molar-refractivity contribution >= 4 is 50.7 Å². The third kappa shape index (κ3) is 7.01. The van der Waals surface area contributed by atoms with Crippen LogP contribution in [0.3, 0.4) is 0 Å². The number of hydrogen-bond donors (Lipinski definition) is 1. The molecule has 0 unspecified atom stereocenters. The maximum atomic E-state index is 13.5. The van der Waals surface area contributed by atoms with Gasteiger partial charge in [0.25, 0.3) is 0 Å². The van der Waals surface area contributed by atoms with Crippen LogP contribution in [0, 0.1) is 0 Å². The lowest BCUT2D eigenvalue weighted by atomic mass is 10.1. The van der Waals surface area contributed by atoms with Crippen molar-refractivity contribution in [1.29, 1.82) is 0 Å². The lowest BCUT2D eigenvalue weighted by Crippen LogP contribution is -2.51. The van der Waals surface area contributed by atoms with Crippen molar-refractivity contribution in [1.82, 2.24) is 10.2 Å². The average Bonchev–Trinajstić information content (AvgIpc) is 2.77. The minimum absolute atomic E-state index is 0.0830. The fraction of sp³-hybridized carbons (Fsp3) is 0.391. The molecule has 0 saturated carbocycles. The van der Waals surface area contributed by atoms with Gasteiger partial charge in [-0.3, -0.25) is 13.9 Å². The van der Waals surface area contributed by atoms with Crippen molar-refractivity contribution in [3.8, 4) is 5.75 Å². The van der Waals surface area contributed by atoms with Gasteiger partial charge in [-0.05, 0) is 45.0 Å². The van der Waals surface area contributed by atoms with Gasteiger partial charge >= 0.3 is 0 Å². The summed E-state index contributed by atoms with van der Waals surface area (Å²) >= 11 is 12.6. The third-order valence-electron chi connectivity index (χ3n) is 5.02. The van der Waals surface area contributed by atoms with E-state index in [1.807, 2.05) is 0 Å². The van der Waals surface area contributed by atoms with Gasteiger partial charge < -0.3 is 15.0 Å². The van der Waals surface area contributed by atoms with Gasteiger partial charge in [-0.1, -0.05) is 41.4 Å². The number of para-hydroxylation sites is 2. The Morgan fingerprint density at radius 3 is 2.24 bits per heavy atom. The van der Waals surface area contributed by atoms with E-state index in [0.717, 1.165) is 10.6 Å². The largest absolute Gasteiger partial charge is 0.492 e. The van der Waals surface area contributed by atoms with Gasteiger partial charge in [-0.15, -0.1) is 0 Å². The second-order valence-corrected chi connectivity index (χ2v) is 10.2. The highest BCUT2D eigenvalue weighted by Gasteiger charge is 2.31. The van der Waals surface area contributed by atoms with Crippen molar-refractivity contribution in [3.63, 3.8) is 0 Å². The quantitative estimate of drug-likeness (QED) is 0.478. The van der Waals surface area contributed by atoms with E-state index in [2.05, 4.69) is 5.32 Å². The van der Waals surface area contributed by atoms with E-state index in [1.165, 1.54) is 4.90 Å². The van der Waals surface area contributed by atoms with E-state index in [9.17, 15) is 18.0 Å². The predicted octanol–water partition coefficient (Wildman–Crippen LogP) is 3.71. The van der Waals surface area contributed by atoms with Gasteiger partial charge in [0.15, 0.2) is 0 Å². The normalized spacial score (nSPS) is 12.1. The molecule has 0 aliphatic rings. The minimum Gasteiger partial charge on any atom is -0.492 e. The zero-order valence-electron chi connectivity index (χ0n) is 19.5. The second-order valence-electron chi connectivity index (χ2n) is 7.46. The number of carbonyl (C=O) groups excluding carboxylic acids is 2. The SMILES string of the molecule is CCNC(=O)[C@H](C)N(Cc1c(Cl)cccc1Cl)C(=O)CN(c1ccccc1OCC)S(C)(=O)=O. The van der Waals surface area contributed by atoms with Gasteiger partial charge in [0, 0.05) is 28.7 Å². The van der Waals surface area contributed by atoms with Gasteiger partial charge in [0.2, 0.25) is 21.8 Å². The van der Waals surface area contributed by atoms with E-state index in [-0.39, 0.29) is 18.1 Å². The molecule has 0 aromatic heterocycles. The molecule has 2 aromatic rings. The molecule has 1 atom stereocenters. The molecule has 2 aromatic carbocycles. The zero-order chi connectivity index (χ0) is 25.5. The van der Waals surface area contributed by atoms with Gasteiger partial charge in [-0.25, -0.2) is 8.42 Å². The summed E-state index contributed by atoms with van der Waals surface area (Å²) in [4.78, 5) is 27.4. The highest BCUT2D eigenvalue weighted by atomic mass is 35.5. The zero-order valence-corrected chi connectivity index (χ0v) is 21.9. The number of amides is 2. The summed E-state index contributed by atoms with van der Waals surface area (Å²) in [6, 6.07) is 10.6. The van der Waals surface area contributed by atoms with Crippen molar-refractivity contribution in [2.24, 2.45) is 0 Å². The minimum atomic E-state index is -3.88. The summed E-state index contributed by atoms with van der Waals surface area (Å²) in [5.41, 5.74) is 0.678. The Kier molecular flexibility index (Phi) is 10.0. The van der Waals surface area contributed by atoms with Crippen LogP contribution < -0.4 is 14.4 Å². The Labute approximate surface area is 210 Å². The van der Waals surface area contributed by atoms with Crippen LogP contribution in [0.4, 0.5) is 5.69 Å². The van der Waals surface area contributed by atoms with Gasteiger partial charge in [0.05, 0.1) is 18.6 Å². The third-order valence-corrected chi connectivity index (χ3v) is 6.86. The van der Waals surface area contributed by atoms with Crippen molar-refractivity contribution in [2.45, 2.75) is 33.4 Å². The molecule has 0 aliphatic carbocycles. The molecule has 0 bridgehead atoms. The molecule has 186 valence electrons. The lowest BCUT2D eigenvalue weighted by Gasteiger charge is -2.32. The Hall–Kier alpha value is -2.49. The van der Waals surface area contributed by atoms with E-state index >= 15 is 0 Å².